The lowest BCUT2D eigenvalue weighted by molar-refractivity contribution is -0.136. The number of fused-ring (bicyclic) bond motifs is 2. The largest absolute Gasteiger partial charge is 0.497 e. The monoisotopic (exact) mass is 365 g/mol. The molecule has 1 aliphatic heterocycles. The molecule has 7 heteroatoms. The molecule has 0 saturated carbocycles. The van der Waals surface area contributed by atoms with Crippen molar-refractivity contribution < 1.29 is 9.53 Å². The van der Waals surface area contributed by atoms with Crippen LogP contribution in [0, 0.1) is 0 Å². The second-order valence-electron chi connectivity index (χ2n) is 7.08. The Hall–Kier alpha value is -2.28. The predicted octanol–water partition coefficient (Wildman–Crippen LogP) is 1.44. The Bertz CT molecular complexity index is 941. The van der Waals surface area contributed by atoms with Crippen molar-refractivity contribution in [3.63, 3.8) is 0 Å². The molecule has 1 spiro atoms. The molecule has 2 heterocycles. The van der Waals surface area contributed by atoms with Crippen molar-refractivity contribution in [2.75, 3.05) is 14.2 Å². The number of methoxy groups -OCH3 is 1. The number of likely N-dealkylation sites (N-methyl/N-ethyl adjacent to an activating group) is 1. The van der Waals surface area contributed by atoms with Crippen molar-refractivity contribution in [1.29, 1.82) is 0 Å². The van der Waals surface area contributed by atoms with Crippen LogP contribution in [0.2, 0.25) is 0 Å². The normalized spacial score (nSPS) is 27.6. The average Bonchev–Trinajstić information content (AvgIpc) is 3.23. The summed E-state index contributed by atoms with van der Waals surface area (Å²) in [5, 5.41) is 1.88. The number of carbonyl (C=O) groups excluding carboxylic acids is 1. The molecule has 1 aromatic carbocycles. The molecule has 4 rings (SSSR count). The number of rotatable bonds is 2. The van der Waals surface area contributed by atoms with E-state index in [1.165, 1.54) is 16.2 Å². The van der Waals surface area contributed by atoms with E-state index in [1.807, 2.05) is 36.6 Å². The Labute approximate surface area is 158 Å². The van der Waals surface area contributed by atoms with Crippen LogP contribution in [0.4, 0.5) is 0 Å². The van der Waals surface area contributed by atoms with Crippen LogP contribution < -0.4 is 15.9 Å². The minimum Gasteiger partial charge on any atom is -0.497 e. The summed E-state index contributed by atoms with van der Waals surface area (Å²) in [5.41, 5.74) is 7.31. The zero-order chi connectivity index (χ0) is 18.7. The molecule has 0 bridgehead atoms. The molecule has 5 nitrogen and oxygen atoms in total. The summed E-state index contributed by atoms with van der Waals surface area (Å²) in [6.07, 6.45) is 1.46. The zero-order valence-corrected chi connectivity index (χ0v) is 15.9. The van der Waals surface area contributed by atoms with Crippen molar-refractivity contribution in [1.82, 2.24) is 4.90 Å². The van der Waals surface area contributed by atoms with Crippen LogP contribution in [0.5, 0.6) is 5.75 Å². The van der Waals surface area contributed by atoms with Crippen molar-refractivity contribution in [3.05, 3.63) is 45.6 Å². The van der Waals surface area contributed by atoms with E-state index < -0.39 is 11.0 Å². The van der Waals surface area contributed by atoms with Crippen LogP contribution in [0.1, 0.15) is 29.3 Å². The maximum Gasteiger partial charge on any atom is 0.242 e. The van der Waals surface area contributed by atoms with Gasteiger partial charge in [0.1, 0.15) is 24.5 Å². The van der Waals surface area contributed by atoms with Gasteiger partial charge in [-0.25, -0.2) is 4.99 Å². The highest BCUT2D eigenvalue weighted by Crippen LogP contribution is 2.56. The fraction of sp³-hybridized carbons (Fsp3) is 0.368. The fourth-order valence-corrected chi connectivity index (χ4v) is 5.36. The molecule has 2 aromatic rings. The van der Waals surface area contributed by atoms with Crippen LogP contribution in [0.3, 0.4) is 0 Å². The Morgan fingerprint density at radius 2 is 2.15 bits per heavy atom. The van der Waals surface area contributed by atoms with E-state index in [4.69, 9.17) is 23.3 Å². The van der Waals surface area contributed by atoms with Gasteiger partial charge in [-0.3, -0.25) is 9.69 Å². The molecule has 0 fully saturated rings. The Kier molecular flexibility index (Phi) is 3.70. The number of amides is 1. The molecule has 2 radical (unpaired) electrons. The van der Waals surface area contributed by atoms with Gasteiger partial charge in [-0.2, -0.15) is 0 Å². The molecule has 0 saturated heterocycles. The minimum absolute atomic E-state index is 0.0246. The molecule has 1 unspecified atom stereocenters. The van der Waals surface area contributed by atoms with Crippen LogP contribution in [-0.4, -0.2) is 38.8 Å². The summed E-state index contributed by atoms with van der Waals surface area (Å²) in [5.74, 6) is 1.00. The smallest absolute Gasteiger partial charge is 0.242 e. The first-order valence-corrected chi connectivity index (χ1v) is 9.37. The number of aryl methyl sites for hydroxylation is 1. The number of benzene rings is 1. The second-order valence-corrected chi connectivity index (χ2v) is 7.99. The quantitative estimate of drug-likeness (QED) is 0.819. The van der Waals surface area contributed by atoms with Gasteiger partial charge in [0.2, 0.25) is 5.91 Å². The fourth-order valence-electron chi connectivity index (χ4n) is 4.37. The van der Waals surface area contributed by atoms with Gasteiger partial charge >= 0.3 is 0 Å². The molecule has 132 valence electrons. The van der Waals surface area contributed by atoms with E-state index in [1.54, 1.807) is 14.2 Å². The molecule has 1 aromatic heterocycles. The molecular formula is C19H20BN3O2S. The van der Waals surface area contributed by atoms with E-state index in [9.17, 15) is 4.79 Å². The van der Waals surface area contributed by atoms with Crippen LogP contribution in [0.15, 0.2) is 34.6 Å². The third-order valence-corrected chi connectivity index (χ3v) is 6.98. The van der Waals surface area contributed by atoms with Gasteiger partial charge < -0.3 is 10.5 Å². The first-order valence-electron chi connectivity index (χ1n) is 8.49. The summed E-state index contributed by atoms with van der Waals surface area (Å²) in [6.45, 7) is 2.00. The molecule has 1 aliphatic carbocycles. The van der Waals surface area contributed by atoms with Gasteiger partial charge in [0.15, 0.2) is 5.96 Å². The van der Waals surface area contributed by atoms with Crippen molar-refractivity contribution in [2.45, 2.75) is 30.7 Å². The van der Waals surface area contributed by atoms with Gasteiger partial charge in [-0.05, 0) is 48.4 Å². The molecule has 2 aliphatic rings. The highest BCUT2D eigenvalue weighted by Gasteiger charge is 2.62. The zero-order valence-electron chi connectivity index (χ0n) is 15.1. The van der Waals surface area contributed by atoms with E-state index in [0.29, 0.717) is 11.9 Å². The third-order valence-electron chi connectivity index (χ3n) is 5.82. The van der Waals surface area contributed by atoms with E-state index in [0.717, 1.165) is 28.2 Å². The van der Waals surface area contributed by atoms with Gasteiger partial charge in [-0.15, -0.1) is 11.3 Å². The number of nitrogens with two attached hydrogens (primary N) is 1. The molecule has 1 amide bonds. The molecular weight excluding hydrogens is 345 g/mol. The summed E-state index contributed by atoms with van der Waals surface area (Å²) >= 11 is 1.52. The summed E-state index contributed by atoms with van der Waals surface area (Å²) in [4.78, 5) is 20.8. The van der Waals surface area contributed by atoms with Crippen molar-refractivity contribution in [2.24, 2.45) is 10.7 Å². The number of ether oxygens (including phenoxy) is 1. The number of hydrogen-bond acceptors (Lipinski definition) is 5. The van der Waals surface area contributed by atoms with Crippen molar-refractivity contribution in [3.8, 4) is 5.75 Å². The lowest BCUT2D eigenvalue weighted by Gasteiger charge is -2.48. The Morgan fingerprint density at radius 3 is 2.81 bits per heavy atom. The van der Waals surface area contributed by atoms with Gasteiger partial charge in [0.25, 0.3) is 0 Å². The summed E-state index contributed by atoms with van der Waals surface area (Å²) < 4.78 is 5.36. The summed E-state index contributed by atoms with van der Waals surface area (Å²) in [6, 6.07) is 7.83. The topological polar surface area (TPSA) is 67.9 Å². The number of hydrogen-bond donors (Lipinski definition) is 1. The van der Waals surface area contributed by atoms with Gasteiger partial charge in [0, 0.05) is 11.9 Å². The molecule has 26 heavy (non-hydrogen) atoms. The highest BCUT2D eigenvalue weighted by atomic mass is 32.1. The number of thiophene rings is 1. The lowest BCUT2D eigenvalue weighted by atomic mass is 9.64. The number of aliphatic imine (C=N–C) groups is 1. The SMILES string of the molecule is [B]c1csc([C@@]2(C)N=C(N)N(C)C(=O)C23CCc2cc(OC)ccc23)c1. The lowest BCUT2D eigenvalue weighted by Crippen LogP contribution is -2.62. The Morgan fingerprint density at radius 1 is 1.38 bits per heavy atom. The van der Waals surface area contributed by atoms with E-state index >= 15 is 0 Å². The maximum absolute atomic E-state index is 13.6. The first-order chi connectivity index (χ1) is 12.3. The Balaban J connectivity index is 2.01. The minimum atomic E-state index is -0.803. The van der Waals surface area contributed by atoms with Crippen LogP contribution >= 0.6 is 11.3 Å². The van der Waals surface area contributed by atoms with Crippen LogP contribution in [0.25, 0.3) is 0 Å². The molecule has 2 atom stereocenters. The number of guanidine groups is 1. The average molecular weight is 365 g/mol. The number of carbonyl (C=O) groups is 1. The second kappa shape index (κ2) is 5.61. The maximum atomic E-state index is 13.6. The molecule has 2 N–H and O–H groups in total. The van der Waals surface area contributed by atoms with E-state index in [2.05, 4.69) is 0 Å². The third kappa shape index (κ3) is 2.03. The van der Waals surface area contributed by atoms with Gasteiger partial charge in [-0.1, -0.05) is 17.6 Å². The standard InChI is InChI=1S/C19H20BN3O2S/c1-18(15-9-12(20)10-26-15)19(16(24)23(2)17(21)22-18)7-6-11-8-13(25-3)4-5-14(11)19/h4-5,8-10H,6-7H2,1-3H3,(H2,21,22)/t18-,19?/m1/s1. The predicted molar refractivity (Wildman–Crippen MR) is 104 cm³/mol. The highest BCUT2D eigenvalue weighted by molar-refractivity contribution is 7.11. The first kappa shape index (κ1) is 17.2. The van der Waals surface area contributed by atoms with E-state index in [-0.39, 0.29) is 11.9 Å². The van der Waals surface area contributed by atoms with Crippen molar-refractivity contribution >= 4 is 36.5 Å². The summed E-state index contributed by atoms with van der Waals surface area (Å²) in [7, 11) is 9.31. The van der Waals surface area contributed by atoms with Gasteiger partial charge in [0.05, 0.1) is 7.11 Å². The van der Waals surface area contributed by atoms with Crippen LogP contribution in [-0.2, 0) is 22.2 Å². The number of nitrogens with zero attached hydrogens (tertiary/aromatic N) is 2.